The number of rotatable bonds is 7. The fourth-order valence-electron chi connectivity index (χ4n) is 3.45. The van der Waals surface area contributed by atoms with Gasteiger partial charge < -0.3 is 10.4 Å². The normalized spacial score (nSPS) is 12.9. The van der Waals surface area contributed by atoms with E-state index in [-0.39, 0.29) is 40.1 Å². The summed E-state index contributed by atoms with van der Waals surface area (Å²) in [6, 6.07) is 23.0. The molecule has 3 aromatic carbocycles. The van der Waals surface area contributed by atoms with Crippen molar-refractivity contribution in [2.45, 2.75) is 31.7 Å². The predicted molar refractivity (Wildman–Crippen MR) is 119 cm³/mol. The molecule has 2 atom stereocenters. The van der Waals surface area contributed by atoms with Crippen LogP contribution >= 0.6 is 23.2 Å². The maximum absolute atomic E-state index is 12.8. The second-order valence-corrected chi connectivity index (χ2v) is 7.88. The minimum Gasteiger partial charge on any atom is -0.506 e. The van der Waals surface area contributed by atoms with Gasteiger partial charge >= 0.3 is 0 Å². The number of phenolic OH excluding ortho intramolecular Hbond substituents is 1. The van der Waals surface area contributed by atoms with Crippen molar-refractivity contribution < 1.29 is 9.90 Å². The van der Waals surface area contributed by atoms with Gasteiger partial charge in [-0.25, -0.2) is 0 Å². The molecule has 0 aromatic heterocycles. The van der Waals surface area contributed by atoms with Gasteiger partial charge in [-0.1, -0.05) is 89.9 Å². The Morgan fingerprint density at radius 1 is 0.931 bits per heavy atom. The highest BCUT2D eigenvalue weighted by molar-refractivity contribution is 6.43. The molecule has 0 spiro atoms. The summed E-state index contributed by atoms with van der Waals surface area (Å²) in [6.45, 7) is 1.99. The summed E-state index contributed by atoms with van der Waals surface area (Å²) in [6.07, 6.45) is 0.984. The monoisotopic (exact) mass is 427 g/mol. The van der Waals surface area contributed by atoms with Gasteiger partial charge in [0, 0.05) is 18.4 Å². The quantitative estimate of drug-likeness (QED) is 0.487. The van der Waals surface area contributed by atoms with Gasteiger partial charge in [-0.3, -0.25) is 4.79 Å². The maximum atomic E-state index is 12.8. The molecule has 0 fully saturated rings. The molecule has 0 aliphatic heterocycles. The first-order valence-electron chi connectivity index (χ1n) is 9.50. The fourth-order valence-corrected chi connectivity index (χ4v) is 3.92. The zero-order chi connectivity index (χ0) is 20.8. The van der Waals surface area contributed by atoms with Gasteiger partial charge in [0.15, 0.2) is 0 Å². The van der Waals surface area contributed by atoms with Crippen molar-refractivity contribution >= 4 is 29.1 Å². The summed E-state index contributed by atoms with van der Waals surface area (Å²) in [5.74, 6) is -0.415. The highest BCUT2D eigenvalue weighted by atomic mass is 35.5. The highest BCUT2D eigenvalue weighted by Gasteiger charge is 2.23. The van der Waals surface area contributed by atoms with Gasteiger partial charge in [0.25, 0.3) is 0 Å². The zero-order valence-corrected chi connectivity index (χ0v) is 17.6. The van der Waals surface area contributed by atoms with Crippen molar-refractivity contribution in [3.05, 3.63) is 99.5 Å². The third-order valence-corrected chi connectivity index (χ3v) is 5.74. The van der Waals surface area contributed by atoms with E-state index in [9.17, 15) is 9.90 Å². The first kappa shape index (κ1) is 21.2. The molecule has 3 nitrogen and oxygen atoms in total. The van der Waals surface area contributed by atoms with Crippen LogP contribution in [0.25, 0.3) is 0 Å². The van der Waals surface area contributed by atoms with E-state index in [2.05, 4.69) is 5.32 Å². The number of amides is 1. The van der Waals surface area contributed by atoms with E-state index < -0.39 is 0 Å². The molecule has 0 radical (unpaired) electrons. The van der Waals surface area contributed by atoms with E-state index in [1.165, 1.54) is 11.6 Å². The van der Waals surface area contributed by atoms with Crippen molar-refractivity contribution in [3.63, 3.8) is 0 Å². The van der Waals surface area contributed by atoms with Crippen LogP contribution in [0.4, 0.5) is 0 Å². The second-order valence-electron chi connectivity index (χ2n) is 7.13. The molecular formula is C24H23Cl2NO2. The average Bonchev–Trinajstić information content (AvgIpc) is 2.72. The SMILES string of the molecule is C[C@@H](Cc1ccccc1)NC(=O)C[C@H](c1ccccc1)c1ccc(O)c(Cl)c1Cl. The van der Waals surface area contributed by atoms with Crippen molar-refractivity contribution in [3.8, 4) is 5.75 Å². The Bertz CT molecular complexity index is 961. The summed E-state index contributed by atoms with van der Waals surface area (Å²) in [7, 11) is 0. The molecule has 5 heteroatoms. The Balaban J connectivity index is 1.79. The van der Waals surface area contributed by atoms with Crippen molar-refractivity contribution in [2.24, 2.45) is 0 Å². The largest absolute Gasteiger partial charge is 0.506 e. The Hall–Kier alpha value is -2.49. The zero-order valence-electron chi connectivity index (χ0n) is 16.1. The van der Waals surface area contributed by atoms with Gasteiger partial charge in [0.2, 0.25) is 5.91 Å². The summed E-state index contributed by atoms with van der Waals surface area (Å²) < 4.78 is 0. The Morgan fingerprint density at radius 2 is 1.55 bits per heavy atom. The molecule has 150 valence electrons. The molecular weight excluding hydrogens is 405 g/mol. The maximum Gasteiger partial charge on any atom is 0.221 e. The number of carbonyl (C=O) groups is 1. The highest BCUT2D eigenvalue weighted by Crippen LogP contribution is 2.40. The van der Waals surface area contributed by atoms with Gasteiger partial charge in [0.05, 0.1) is 5.02 Å². The molecule has 0 saturated heterocycles. The fraction of sp³-hybridized carbons (Fsp3) is 0.208. The van der Waals surface area contributed by atoms with Gasteiger partial charge in [0.1, 0.15) is 10.8 Å². The average molecular weight is 428 g/mol. The van der Waals surface area contributed by atoms with Gasteiger partial charge in [-0.2, -0.15) is 0 Å². The number of phenols is 1. The lowest BCUT2D eigenvalue weighted by atomic mass is 9.88. The van der Waals surface area contributed by atoms with Crippen LogP contribution in [-0.2, 0) is 11.2 Å². The third-order valence-electron chi connectivity index (χ3n) is 4.85. The lowest BCUT2D eigenvalue weighted by Crippen LogP contribution is -2.35. The van der Waals surface area contributed by atoms with E-state index in [1.807, 2.05) is 67.6 Å². The van der Waals surface area contributed by atoms with Gasteiger partial charge in [-0.05, 0) is 36.1 Å². The molecule has 0 aliphatic carbocycles. The molecule has 0 aliphatic rings. The second kappa shape index (κ2) is 9.82. The van der Waals surface area contributed by atoms with Crippen LogP contribution in [0, 0.1) is 0 Å². The molecule has 0 bridgehead atoms. The van der Waals surface area contributed by atoms with Crippen LogP contribution in [0.15, 0.2) is 72.8 Å². The van der Waals surface area contributed by atoms with E-state index in [0.717, 1.165) is 12.0 Å². The summed E-state index contributed by atoms with van der Waals surface area (Å²) >= 11 is 12.6. The molecule has 1 amide bonds. The van der Waals surface area contributed by atoms with E-state index in [1.54, 1.807) is 6.07 Å². The minimum absolute atomic E-state index is 0.000186. The first-order chi connectivity index (χ1) is 14.0. The Kier molecular flexibility index (Phi) is 7.18. The number of benzene rings is 3. The molecule has 0 saturated carbocycles. The smallest absolute Gasteiger partial charge is 0.221 e. The van der Waals surface area contributed by atoms with Crippen molar-refractivity contribution in [2.75, 3.05) is 0 Å². The van der Waals surface area contributed by atoms with E-state index in [4.69, 9.17) is 23.2 Å². The summed E-state index contributed by atoms with van der Waals surface area (Å²) in [5, 5.41) is 13.3. The van der Waals surface area contributed by atoms with Crippen molar-refractivity contribution in [1.29, 1.82) is 0 Å². The lowest BCUT2D eigenvalue weighted by Gasteiger charge is -2.21. The van der Waals surface area contributed by atoms with Gasteiger partial charge in [-0.15, -0.1) is 0 Å². The molecule has 0 unspecified atom stereocenters. The number of hydrogen-bond donors (Lipinski definition) is 2. The van der Waals surface area contributed by atoms with Crippen LogP contribution in [0.3, 0.4) is 0 Å². The van der Waals surface area contributed by atoms with E-state index >= 15 is 0 Å². The number of nitrogens with one attached hydrogen (secondary N) is 1. The summed E-state index contributed by atoms with van der Waals surface area (Å²) in [4.78, 5) is 12.8. The molecule has 29 heavy (non-hydrogen) atoms. The molecule has 0 heterocycles. The lowest BCUT2D eigenvalue weighted by molar-refractivity contribution is -0.121. The summed E-state index contributed by atoms with van der Waals surface area (Å²) in [5.41, 5.74) is 2.85. The standard InChI is InChI=1S/C24H23Cl2NO2/c1-16(14-17-8-4-2-5-9-17)27-22(29)15-20(18-10-6-3-7-11-18)19-12-13-21(28)24(26)23(19)25/h2-13,16,20,28H,14-15H2,1H3,(H,27,29)/t16-,20+/m0/s1. The molecule has 2 N–H and O–H groups in total. The number of aromatic hydroxyl groups is 1. The Morgan fingerprint density at radius 3 is 2.21 bits per heavy atom. The van der Waals surface area contributed by atoms with E-state index in [0.29, 0.717) is 5.56 Å². The van der Waals surface area contributed by atoms with Crippen LogP contribution in [0.1, 0.15) is 36.0 Å². The van der Waals surface area contributed by atoms with Crippen molar-refractivity contribution in [1.82, 2.24) is 5.32 Å². The Labute approximate surface area is 181 Å². The van der Waals surface area contributed by atoms with Crippen LogP contribution in [0.2, 0.25) is 10.0 Å². The molecule has 3 aromatic rings. The number of carbonyl (C=O) groups excluding carboxylic acids is 1. The predicted octanol–water partition coefficient (Wildman–Crippen LogP) is 5.97. The number of hydrogen-bond acceptors (Lipinski definition) is 2. The molecule has 3 rings (SSSR count). The van der Waals surface area contributed by atoms with Crippen LogP contribution in [0.5, 0.6) is 5.75 Å². The van der Waals surface area contributed by atoms with Crippen LogP contribution < -0.4 is 5.32 Å². The minimum atomic E-state index is -0.272. The van der Waals surface area contributed by atoms with Crippen LogP contribution in [-0.4, -0.2) is 17.1 Å². The number of halogens is 2. The first-order valence-corrected chi connectivity index (χ1v) is 10.3. The third kappa shape index (κ3) is 5.53. The topological polar surface area (TPSA) is 49.3 Å².